The topological polar surface area (TPSA) is 68.3 Å². The number of carbonyl (C=O) groups excluding carboxylic acids is 4. The van der Waals surface area contributed by atoms with E-state index in [2.05, 4.69) is 0 Å². The van der Waals surface area contributed by atoms with Gasteiger partial charge in [-0.25, -0.2) is 0 Å². The van der Waals surface area contributed by atoms with Crippen LogP contribution in [0.4, 0.5) is 0 Å². The normalized spacial score (nSPS) is 13.9. The van der Waals surface area contributed by atoms with Crippen LogP contribution in [0.15, 0.2) is 0 Å². The van der Waals surface area contributed by atoms with Crippen molar-refractivity contribution in [3.63, 3.8) is 0 Å². The van der Waals surface area contributed by atoms with Gasteiger partial charge in [-0.1, -0.05) is 13.8 Å². The SMILES string of the molecule is CCC(CC(C)C=O)C(=O)C(=O)CCC=O. The molecular weight excluding hydrogens is 208 g/mol. The van der Waals surface area contributed by atoms with Crippen LogP contribution in [0.5, 0.6) is 0 Å². The van der Waals surface area contributed by atoms with Crippen molar-refractivity contribution in [3.8, 4) is 0 Å². The molecule has 0 heterocycles. The van der Waals surface area contributed by atoms with E-state index in [1.807, 2.05) is 6.92 Å². The second-order valence-electron chi connectivity index (χ2n) is 3.95. The average Bonchev–Trinajstić information content (AvgIpc) is 2.31. The minimum Gasteiger partial charge on any atom is -0.303 e. The van der Waals surface area contributed by atoms with Gasteiger partial charge in [0.25, 0.3) is 0 Å². The molecule has 4 heteroatoms. The molecule has 4 nitrogen and oxygen atoms in total. The molecule has 0 aromatic rings. The molecule has 0 saturated heterocycles. The van der Waals surface area contributed by atoms with Gasteiger partial charge in [0.15, 0.2) is 5.78 Å². The minimum atomic E-state index is -0.503. The maximum Gasteiger partial charge on any atom is 0.201 e. The molecule has 0 N–H and O–H groups in total. The van der Waals surface area contributed by atoms with E-state index in [4.69, 9.17) is 0 Å². The van der Waals surface area contributed by atoms with Crippen molar-refractivity contribution in [1.29, 1.82) is 0 Å². The maximum absolute atomic E-state index is 11.7. The van der Waals surface area contributed by atoms with Crippen LogP contribution in [-0.2, 0) is 19.2 Å². The van der Waals surface area contributed by atoms with E-state index in [-0.39, 0.29) is 24.7 Å². The van der Waals surface area contributed by atoms with Gasteiger partial charge >= 0.3 is 0 Å². The fourth-order valence-corrected chi connectivity index (χ4v) is 1.50. The number of aldehydes is 2. The van der Waals surface area contributed by atoms with Gasteiger partial charge in [0.1, 0.15) is 12.6 Å². The number of ketones is 2. The van der Waals surface area contributed by atoms with Crippen LogP contribution in [0.25, 0.3) is 0 Å². The van der Waals surface area contributed by atoms with E-state index in [0.29, 0.717) is 19.1 Å². The molecule has 0 amide bonds. The monoisotopic (exact) mass is 226 g/mol. The summed E-state index contributed by atoms with van der Waals surface area (Å²) in [5, 5.41) is 0. The van der Waals surface area contributed by atoms with Crippen molar-refractivity contribution >= 4 is 24.1 Å². The Labute approximate surface area is 95.4 Å². The Kier molecular flexibility index (Phi) is 7.25. The first-order chi connectivity index (χ1) is 7.56. The van der Waals surface area contributed by atoms with Crippen LogP contribution >= 0.6 is 0 Å². The molecule has 2 atom stereocenters. The Morgan fingerprint density at radius 3 is 2.31 bits per heavy atom. The Morgan fingerprint density at radius 1 is 1.25 bits per heavy atom. The van der Waals surface area contributed by atoms with Crippen molar-refractivity contribution in [3.05, 3.63) is 0 Å². The first-order valence-corrected chi connectivity index (χ1v) is 5.52. The van der Waals surface area contributed by atoms with Crippen molar-refractivity contribution in [2.24, 2.45) is 11.8 Å². The van der Waals surface area contributed by atoms with Crippen LogP contribution in [0.1, 0.15) is 39.5 Å². The number of Topliss-reactive ketones (excluding diaryl/α,β-unsaturated/α-hetero) is 2. The van der Waals surface area contributed by atoms with E-state index in [9.17, 15) is 19.2 Å². The Hall–Kier alpha value is -1.32. The van der Waals surface area contributed by atoms with Crippen LogP contribution in [-0.4, -0.2) is 24.1 Å². The maximum atomic E-state index is 11.7. The van der Waals surface area contributed by atoms with Crippen LogP contribution in [0, 0.1) is 11.8 Å². The predicted molar refractivity (Wildman–Crippen MR) is 58.9 cm³/mol. The van der Waals surface area contributed by atoms with Crippen LogP contribution in [0.3, 0.4) is 0 Å². The first kappa shape index (κ1) is 14.7. The average molecular weight is 226 g/mol. The van der Waals surface area contributed by atoms with Crippen molar-refractivity contribution in [2.45, 2.75) is 39.5 Å². The van der Waals surface area contributed by atoms with Crippen molar-refractivity contribution < 1.29 is 19.2 Å². The largest absolute Gasteiger partial charge is 0.303 e. The highest BCUT2D eigenvalue weighted by molar-refractivity contribution is 6.38. The molecule has 0 spiro atoms. The number of hydrogen-bond donors (Lipinski definition) is 0. The summed E-state index contributed by atoms with van der Waals surface area (Å²) in [4.78, 5) is 43.6. The van der Waals surface area contributed by atoms with Gasteiger partial charge in [0.05, 0.1) is 0 Å². The Bertz CT molecular complexity index is 270. The Balaban J connectivity index is 4.34. The van der Waals surface area contributed by atoms with Gasteiger partial charge in [-0.2, -0.15) is 0 Å². The summed E-state index contributed by atoms with van der Waals surface area (Å²) < 4.78 is 0. The predicted octanol–water partition coefficient (Wildman–Crippen LogP) is 1.35. The molecule has 0 bridgehead atoms. The lowest BCUT2D eigenvalue weighted by Crippen LogP contribution is -2.25. The highest BCUT2D eigenvalue weighted by atomic mass is 16.2. The number of rotatable bonds is 9. The third kappa shape index (κ3) is 4.96. The van der Waals surface area contributed by atoms with Gasteiger partial charge in [-0.3, -0.25) is 9.59 Å². The fraction of sp³-hybridized carbons (Fsp3) is 0.667. The van der Waals surface area contributed by atoms with E-state index in [1.54, 1.807) is 6.92 Å². The van der Waals surface area contributed by atoms with E-state index >= 15 is 0 Å². The Morgan fingerprint density at radius 2 is 1.88 bits per heavy atom. The van der Waals surface area contributed by atoms with E-state index in [1.165, 1.54) is 0 Å². The van der Waals surface area contributed by atoms with Crippen LogP contribution < -0.4 is 0 Å². The summed E-state index contributed by atoms with van der Waals surface area (Å²) in [7, 11) is 0. The molecule has 0 saturated carbocycles. The highest BCUT2D eigenvalue weighted by Gasteiger charge is 2.24. The molecule has 0 aliphatic heterocycles. The molecule has 0 aliphatic rings. The smallest absolute Gasteiger partial charge is 0.201 e. The zero-order valence-electron chi connectivity index (χ0n) is 9.77. The van der Waals surface area contributed by atoms with Gasteiger partial charge in [-0.15, -0.1) is 0 Å². The summed E-state index contributed by atoms with van der Waals surface area (Å²) in [6.07, 6.45) is 2.43. The van der Waals surface area contributed by atoms with Crippen LogP contribution in [0.2, 0.25) is 0 Å². The first-order valence-electron chi connectivity index (χ1n) is 5.52. The highest BCUT2D eigenvalue weighted by Crippen LogP contribution is 2.16. The van der Waals surface area contributed by atoms with Gasteiger partial charge in [-0.05, 0) is 12.8 Å². The minimum absolute atomic E-state index is 0.0195. The number of hydrogen-bond acceptors (Lipinski definition) is 4. The zero-order valence-corrected chi connectivity index (χ0v) is 9.77. The molecule has 0 rings (SSSR count). The molecular formula is C12H18O4. The quantitative estimate of drug-likeness (QED) is 0.439. The molecule has 2 unspecified atom stereocenters. The van der Waals surface area contributed by atoms with Gasteiger partial charge < -0.3 is 9.59 Å². The summed E-state index contributed by atoms with van der Waals surface area (Å²) in [6.45, 7) is 3.53. The lowest BCUT2D eigenvalue weighted by molar-refractivity contribution is -0.139. The molecule has 0 aromatic carbocycles. The second-order valence-corrected chi connectivity index (χ2v) is 3.95. The third-order valence-corrected chi connectivity index (χ3v) is 2.52. The molecule has 0 aliphatic carbocycles. The molecule has 16 heavy (non-hydrogen) atoms. The standard InChI is InChI=1S/C12H18O4/c1-3-10(7-9(2)8-14)12(16)11(15)5-4-6-13/h6,8-10H,3-5,7H2,1-2H3. The molecule has 0 aromatic heterocycles. The lowest BCUT2D eigenvalue weighted by atomic mass is 9.88. The van der Waals surface area contributed by atoms with Gasteiger partial charge in [0, 0.05) is 24.7 Å². The second kappa shape index (κ2) is 7.91. The molecule has 0 radical (unpaired) electrons. The van der Waals surface area contributed by atoms with Crippen molar-refractivity contribution in [2.75, 3.05) is 0 Å². The summed E-state index contributed by atoms with van der Waals surface area (Å²) in [6, 6.07) is 0. The number of carbonyl (C=O) groups is 4. The molecule has 90 valence electrons. The van der Waals surface area contributed by atoms with E-state index < -0.39 is 11.6 Å². The summed E-state index contributed by atoms with van der Waals surface area (Å²) >= 11 is 0. The van der Waals surface area contributed by atoms with Crippen molar-refractivity contribution in [1.82, 2.24) is 0 Å². The lowest BCUT2D eigenvalue weighted by Gasteiger charge is -2.13. The summed E-state index contributed by atoms with van der Waals surface area (Å²) in [5.74, 6) is -1.55. The fourth-order valence-electron chi connectivity index (χ4n) is 1.50. The third-order valence-electron chi connectivity index (χ3n) is 2.52. The summed E-state index contributed by atoms with van der Waals surface area (Å²) in [5.41, 5.74) is 0. The van der Waals surface area contributed by atoms with E-state index in [0.717, 1.165) is 6.29 Å². The zero-order chi connectivity index (χ0) is 12.6. The van der Waals surface area contributed by atoms with Gasteiger partial charge in [0.2, 0.25) is 5.78 Å². The molecule has 0 fully saturated rings.